The molecule has 2 aromatic heterocycles. The summed E-state index contributed by atoms with van der Waals surface area (Å²) in [5.74, 6) is 0.773. The van der Waals surface area contributed by atoms with E-state index in [2.05, 4.69) is 25.8 Å². The van der Waals surface area contributed by atoms with Gasteiger partial charge in [-0.2, -0.15) is 0 Å². The molecule has 0 spiro atoms. The van der Waals surface area contributed by atoms with E-state index in [1.165, 1.54) is 11.3 Å². The molecule has 0 saturated heterocycles. The van der Waals surface area contributed by atoms with Crippen LogP contribution in [0.4, 0.5) is 15.6 Å². The van der Waals surface area contributed by atoms with Crippen LogP contribution in [0, 0.1) is 0 Å². The summed E-state index contributed by atoms with van der Waals surface area (Å²) in [5, 5.41) is 15.9. The molecular weight excluding hydrogens is 350 g/mol. The van der Waals surface area contributed by atoms with Gasteiger partial charge in [-0.05, 0) is 47.9 Å². The Morgan fingerprint density at radius 1 is 1.08 bits per heavy atom. The highest BCUT2D eigenvalue weighted by atomic mass is 32.1. The second kappa shape index (κ2) is 6.85. The summed E-state index contributed by atoms with van der Waals surface area (Å²) in [6.45, 7) is 0. The maximum atomic E-state index is 12.2. The molecule has 0 bridgehead atoms. The molecule has 0 atom stereocenters. The molecule has 0 radical (unpaired) electrons. The van der Waals surface area contributed by atoms with Crippen LogP contribution in [0.3, 0.4) is 0 Å². The van der Waals surface area contributed by atoms with E-state index in [0.717, 1.165) is 27.2 Å². The van der Waals surface area contributed by atoms with Crippen molar-refractivity contribution in [2.75, 3.05) is 17.7 Å². The number of ether oxygens (including phenoxy) is 1. The van der Waals surface area contributed by atoms with Crippen molar-refractivity contribution in [3.63, 3.8) is 0 Å². The fourth-order valence-electron chi connectivity index (χ4n) is 2.51. The molecular formula is C18H15N5O2S. The number of carbonyl (C=O) groups is 1. The largest absolute Gasteiger partial charge is 0.497 e. The van der Waals surface area contributed by atoms with Gasteiger partial charge in [0.15, 0.2) is 0 Å². The number of hydrogen-bond donors (Lipinski definition) is 3. The van der Waals surface area contributed by atoms with E-state index in [1.807, 2.05) is 54.7 Å². The topological polar surface area (TPSA) is 91.9 Å². The van der Waals surface area contributed by atoms with Gasteiger partial charge in [0.1, 0.15) is 10.8 Å². The van der Waals surface area contributed by atoms with Crippen molar-refractivity contribution in [3.05, 3.63) is 54.7 Å². The number of amides is 2. The van der Waals surface area contributed by atoms with Crippen LogP contribution in [0.25, 0.3) is 21.5 Å². The number of anilines is 2. The third kappa shape index (κ3) is 3.35. The second-order valence-electron chi connectivity index (χ2n) is 5.50. The summed E-state index contributed by atoms with van der Waals surface area (Å²) in [5.41, 5.74) is 2.56. The zero-order valence-corrected chi connectivity index (χ0v) is 14.6. The number of rotatable bonds is 4. The molecule has 130 valence electrons. The first kappa shape index (κ1) is 16.1. The Labute approximate surface area is 153 Å². The van der Waals surface area contributed by atoms with E-state index in [-0.39, 0.29) is 6.03 Å². The Hall–Kier alpha value is -3.39. The molecule has 4 rings (SSSR count). The van der Waals surface area contributed by atoms with Crippen molar-refractivity contribution in [2.24, 2.45) is 0 Å². The van der Waals surface area contributed by atoms with Crippen molar-refractivity contribution in [2.45, 2.75) is 0 Å². The van der Waals surface area contributed by atoms with E-state index in [4.69, 9.17) is 4.74 Å². The Bertz CT molecular complexity index is 1050. The number of methoxy groups -OCH3 is 1. The van der Waals surface area contributed by atoms with Gasteiger partial charge in [0, 0.05) is 23.0 Å². The highest BCUT2D eigenvalue weighted by molar-refractivity contribution is 7.18. The predicted octanol–water partition coefficient (Wildman–Crippen LogP) is 4.34. The third-order valence-electron chi connectivity index (χ3n) is 3.80. The van der Waals surface area contributed by atoms with Gasteiger partial charge in [0.2, 0.25) is 5.13 Å². The number of fused-ring (bicyclic) bond motifs is 1. The minimum Gasteiger partial charge on any atom is -0.497 e. The van der Waals surface area contributed by atoms with E-state index < -0.39 is 0 Å². The molecule has 0 aliphatic rings. The van der Waals surface area contributed by atoms with E-state index in [1.54, 1.807) is 7.11 Å². The van der Waals surface area contributed by atoms with Gasteiger partial charge in [0.05, 0.1) is 7.11 Å². The van der Waals surface area contributed by atoms with Crippen LogP contribution in [0.5, 0.6) is 5.75 Å². The van der Waals surface area contributed by atoms with Crippen LogP contribution >= 0.6 is 11.3 Å². The zero-order valence-electron chi connectivity index (χ0n) is 13.8. The lowest BCUT2D eigenvalue weighted by molar-refractivity contribution is 0.262. The Kier molecular flexibility index (Phi) is 4.24. The smallest absolute Gasteiger partial charge is 0.325 e. The molecule has 26 heavy (non-hydrogen) atoms. The molecule has 3 N–H and O–H groups in total. The number of nitrogens with zero attached hydrogens (tertiary/aromatic N) is 2. The van der Waals surface area contributed by atoms with Crippen LogP contribution in [-0.4, -0.2) is 28.3 Å². The molecule has 0 unspecified atom stereocenters. The molecule has 8 heteroatoms. The summed E-state index contributed by atoms with van der Waals surface area (Å²) in [6, 6.07) is 14.8. The number of carbonyl (C=O) groups excluding carboxylic acids is 1. The van der Waals surface area contributed by atoms with Crippen LogP contribution in [0.1, 0.15) is 0 Å². The summed E-state index contributed by atoms with van der Waals surface area (Å²) < 4.78 is 5.14. The molecule has 0 fully saturated rings. The van der Waals surface area contributed by atoms with Crippen molar-refractivity contribution in [3.8, 4) is 16.3 Å². The van der Waals surface area contributed by atoms with E-state index in [0.29, 0.717) is 10.8 Å². The van der Waals surface area contributed by atoms with Gasteiger partial charge in [-0.1, -0.05) is 17.4 Å². The highest BCUT2D eigenvalue weighted by Crippen LogP contribution is 2.28. The fraction of sp³-hybridized carbons (Fsp3) is 0.0556. The Morgan fingerprint density at radius 2 is 1.92 bits per heavy atom. The minimum absolute atomic E-state index is 0.367. The lowest BCUT2D eigenvalue weighted by Crippen LogP contribution is -2.19. The number of aromatic nitrogens is 3. The van der Waals surface area contributed by atoms with Crippen LogP contribution in [-0.2, 0) is 0 Å². The predicted molar refractivity (Wildman–Crippen MR) is 103 cm³/mol. The first-order valence-electron chi connectivity index (χ1n) is 7.84. The van der Waals surface area contributed by atoms with Crippen molar-refractivity contribution in [1.29, 1.82) is 0 Å². The maximum absolute atomic E-state index is 12.2. The molecule has 7 nitrogen and oxygen atoms in total. The van der Waals surface area contributed by atoms with Crippen LogP contribution in [0.2, 0.25) is 0 Å². The maximum Gasteiger partial charge on any atom is 0.325 e. The van der Waals surface area contributed by atoms with Crippen molar-refractivity contribution >= 4 is 39.1 Å². The van der Waals surface area contributed by atoms with Gasteiger partial charge in [-0.3, -0.25) is 5.32 Å². The molecule has 4 aromatic rings. The van der Waals surface area contributed by atoms with Gasteiger partial charge in [0.25, 0.3) is 0 Å². The summed E-state index contributed by atoms with van der Waals surface area (Å²) in [4.78, 5) is 15.3. The van der Waals surface area contributed by atoms with Gasteiger partial charge in [-0.15, -0.1) is 10.2 Å². The average molecular weight is 365 g/mol. The molecule has 2 heterocycles. The first-order chi connectivity index (χ1) is 12.7. The van der Waals surface area contributed by atoms with Crippen LogP contribution < -0.4 is 15.4 Å². The number of hydrogen-bond acceptors (Lipinski definition) is 5. The number of urea groups is 1. The summed E-state index contributed by atoms with van der Waals surface area (Å²) >= 11 is 1.30. The first-order valence-corrected chi connectivity index (χ1v) is 8.66. The number of aromatic amines is 1. The van der Waals surface area contributed by atoms with Gasteiger partial charge >= 0.3 is 6.03 Å². The highest BCUT2D eigenvalue weighted by Gasteiger charge is 2.10. The SMILES string of the molecule is COc1ccc(-c2nnc(NC(=O)Nc3ccc4cc[nH]c4c3)s2)cc1. The lowest BCUT2D eigenvalue weighted by Gasteiger charge is -2.05. The number of nitrogens with one attached hydrogen (secondary N) is 3. The monoisotopic (exact) mass is 365 g/mol. The quantitative estimate of drug-likeness (QED) is 0.502. The van der Waals surface area contributed by atoms with E-state index >= 15 is 0 Å². The van der Waals surface area contributed by atoms with Gasteiger partial charge < -0.3 is 15.0 Å². The fourth-order valence-corrected chi connectivity index (χ4v) is 3.25. The van der Waals surface area contributed by atoms with Crippen molar-refractivity contribution in [1.82, 2.24) is 15.2 Å². The second-order valence-corrected chi connectivity index (χ2v) is 6.48. The third-order valence-corrected chi connectivity index (χ3v) is 4.68. The molecule has 2 aromatic carbocycles. The molecule has 0 aliphatic heterocycles. The normalized spacial score (nSPS) is 10.7. The summed E-state index contributed by atoms with van der Waals surface area (Å²) in [7, 11) is 1.62. The van der Waals surface area contributed by atoms with Gasteiger partial charge in [-0.25, -0.2) is 4.79 Å². The molecule has 2 amide bonds. The van der Waals surface area contributed by atoms with E-state index in [9.17, 15) is 4.79 Å². The Balaban J connectivity index is 1.43. The van der Waals surface area contributed by atoms with Crippen molar-refractivity contribution < 1.29 is 9.53 Å². The number of benzene rings is 2. The average Bonchev–Trinajstić information content (AvgIpc) is 3.30. The molecule has 0 aliphatic carbocycles. The minimum atomic E-state index is -0.367. The number of H-pyrrole nitrogens is 1. The lowest BCUT2D eigenvalue weighted by atomic mass is 10.2. The van der Waals surface area contributed by atoms with Crippen LogP contribution in [0.15, 0.2) is 54.7 Å². The summed E-state index contributed by atoms with van der Waals surface area (Å²) in [6.07, 6.45) is 1.86. The molecule has 0 saturated carbocycles. The standard InChI is InChI=1S/C18H15N5O2S/c1-25-14-6-3-12(4-7-14)16-22-23-18(26-16)21-17(24)20-13-5-2-11-8-9-19-15(11)10-13/h2-10,19H,1H3,(H2,20,21,23,24). The zero-order chi connectivity index (χ0) is 17.9. The Morgan fingerprint density at radius 3 is 2.73 bits per heavy atom.